The summed E-state index contributed by atoms with van der Waals surface area (Å²) in [6, 6.07) is 8.94. The Kier molecular flexibility index (Phi) is 4.19. The van der Waals surface area contributed by atoms with Gasteiger partial charge in [-0.3, -0.25) is 4.40 Å². The first kappa shape index (κ1) is 16.4. The Morgan fingerprint density at radius 1 is 1.20 bits per heavy atom. The second-order valence-electron chi connectivity index (χ2n) is 5.56. The first-order chi connectivity index (χ1) is 12.0. The zero-order valence-electron chi connectivity index (χ0n) is 13.0. The summed E-state index contributed by atoms with van der Waals surface area (Å²) >= 11 is 13.6. The van der Waals surface area contributed by atoms with Gasteiger partial charge in [-0.15, -0.1) is 10.2 Å². The van der Waals surface area contributed by atoms with Crippen LogP contribution in [0.5, 0.6) is 0 Å². The van der Waals surface area contributed by atoms with Crippen LogP contribution in [0.25, 0.3) is 16.6 Å². The van der Waals surface area contributed by atoms with Crippen molar-refractivity contribution >= 4 is 51.6 Å². The first-order valence-corrected chi connectivity index (χ1v) is 9.11. The minimum atomic E-state index is -0.370. The van der Waals surface area contributed by atoms with Crippen LogP contribution < -0.4 is 5.63 Å². The van der Waals surface area contributed by atoms with E-state index in [0.29, 0.717) is 32.2 Å². The number of nitrogens with zero attached hydrogens (tertiary/aromatic N) is 3. The van der Waals surface area contributed by atoms with E-state index in [9.17, 15) is 4.79 Å². The molecule has 0 unspecified atom stereocenters. The number of rotatable bonds is 3. The van der Waals surface area contributed by atoms with E-state index < -0.39 is 0 Å². The van der Waals surface area contributed by atoms with Gasteiger partial charge in [0.1, 0.15) is 5.58 Å². The van der Waals surface area contributed by atoms with Gasteiger partial charge in [0, 0.05) is 23.4 Å². The normalized spacial score (nSPS) is 11.5. The molecule has 0 saturated heterocycles. The number of thioether (sulfide) groups is 1. The first-order valence-electron chi connectivity index (χ1n) is 7.37. The molecule has 0 fully saturated rings. The van der Waals surface area contributed by atoms with Crippen LogP contribution in [0.2, 0.25) is 10.0 Å². The van der Waals surface area contributed by atoms with Crippen LogP contribution in [-0.4, -0.2) is 14.6 Å². The third kappa shape index (κ3) is 3.13. The number of benzene rings is 1. The molecule has 0 aliphatic heterocycles. The average molecular weight is 392 g/mol. The molecule has 0 atom stereocenters. The van der Waals surface area contributed by atoms with E-state index >= 15 is 0 Å². The van der Waals surface area contributed by atoms with E-state index in [1.165, 1.54) is 17.8 Å². The highest BCUT2D eigenvalue weighted by molar-refractivity contribution is 7.98. The summed E-state index contributed by atoms with van der Waals surface area (Å²) in [7, 11) is 0. The van der Waals surface area contributed by atoms with E-state index in [2.05, 4.69) is 10.2 Å². The van der Waals surface area contributed by atoms with Crippen LogP contribution in [0.3, 0.4) is 0 Å². The molecule has 0 saturated carbocycles. The molecule has 5 nitrogen and oxygen atoms in total. The molecular weight excluding hydrogens is 381 g/mol. The molecular formula is C17H11Cl2N3O2S. The van der Waals surface area contributed by atoms with Gasteiger partial charge in [-0.1, -0.05) is 47.1 Å². The molecule has 4 aromatic rings. The molecule has 3 aromatic heterocycles. The lowest BCUT2D eigenvalue weighted by atomic mass is 10.1. The van der Waals surface area contributed by atoms with Crippen molar-refractivity contribution in [1.82, 2.24) is 14.6 Å². The summed E-state index contributed by atoms with van der Waals surface area (Å²) in [4.78, 5) is 11.8. The van der Waals surface area contributed by atoms with Gasteiger partial charge < -0.3 is 4.42 Å². The molecule has 4 rings (SSSR count). The number of pyridine rings is 1. The minimum absolute atomic E-state index is 0.370. The number of hydrogen-bond donors (Lipinski definition) is 0. The second-order valence-corrected chi connectivity index (χ2v) is 7.35. The summed E-state index contributed by atoms with van der Waals surface area (Å²) in [5.74, 6) is 0.538. The van der Waals surface area contributed by atoms with Gasteiger partial charge in [-0.25, -0.2) is 4.79 Å². The van der Waals surface area contributed by atoms with E-state index in [-0.39, 0.29) is 5.63 Å². The lowest BCUT2D eigenvalue weighted by Gasteiger charge is -2.06. The lowest BCUT2D eigenvalue weighted by molar-refractivity contribution is 0.559. The van der Waals surface area contributed by atoms with Gasteiger partial charge in [0.15, 0.2) is 10.8 Å². The molecule has 0 spiro atoms. The van der Waals surface area contributed by atoms with Gasteiger partial charge >= 0.3 is 5.63 Å². The van der Waals surface area contributed by atoms with Crippen molar-refractivity contribution < 1.29 is 4.42 Å². The highest BCUT2D eigenvalue weighted by Crippen LogP contribution is 2.29. The molecule has 0 aliphatic rings. The zero-order valence-corrected chi connectivity index (χ0v) is 15.3. The quantitative estimate of drug-likeness (QED) is 0.372. The number of fused-ring (bicyclic) bond motifs is 2. The van der Waals surface area contributed by atoms with Crippen molar-refractivity contribution in [2.75, 3.05) is 0 Å². The summed E-state index contributed by atoms with van der Waals surface area (Å²) in [6.07, 6.45) is 1.71. The summed E-state index contributed by atoms with van der Waals surface area (Å²) < 4.78 is 7.03. The second kappa shape index (κ2) is 6.37. The summed E-state index contributed by atoms with van der Waals surface area (Å²) in [5, 5.41) is 10.7. The molecule has 25 heavy (non-hydrogen) atoms. The SMILES string of the molecule is Cc1ccc2c(CSc3nnc4c(Cl)cc(Cl)cn34)cc(=O)oc2c1. The Labute approximate surface area is 156 Å². The maximum atomic E-state index is 11.8. The van der Waals surface area contributed by atoms with Crippen LogP contribution in [0.4, 0.5) is 0 Å². The molecule has 3 heterocycles. The van der Waals surface area contributed by atoms with E-state index in [0.717, 1.165) is 16.5 Å². The maximum absolute atomic E-state index is 11.8. The van der Waals surface area contributed by atoms with Crippen molar-refractivity contribution in [2.24, 2.45) is 0 Å². The Bertz CT molecular complexity index is 1170. The van der Waals surface area contributed by atoms with Gasteiger partial charge in [0.2, 0.25) is 0 Å². The Morgan fingerprint density at radius 2 is 2.04 bits per heavy atom. The minimum Gasteiger partial charge on any atom is -0.423 e. The third-order valence-electron chi connectivity index (χ3n) is 3.74. The molecule has 8 heteroatoms. The fraction of sp³-hybridized carbons (Fsp3) is 0.118. The van der Waals surface area contributed by atoms with Crippen LogP contribution in [-0.2, 0) is 5.75 Å². The van der Waals surface area contributed by atoms with Gasteiger partial charge in [0.25, 0.3) is 0 Å². The van der Waals surface area contributed by atoms with Gasteiger partial charge in [0.05, 0.1) is 10.0 Å². The van der Waals surface area contributed by atoms with Crippen molar-refractivity contribution in [2.45, 2.75) is 17.8 Å². The van der Waals surface area contributed by atoms with Crippen molar-refractivity contribution in [3.63, 3.8) is 0 Å². The number of hydrogen-bond acceptors (Lipinski definition) is 5. The molecule has 0 radical (unpaired) electrons. The zero-order chi connectivity index (χ0) is 17.6. The Hall–Kier alpha value is -2.02. The largest absolute Gasteiger partial charge is 0.423 e. The van der Waals surface area contributed by atoms with E-state index in [4.69, 9.17) is 27.6 Å². The molecule has 126 valence electrons. The van der Waals surface area contributed by atoms with Gasteiger partial charge in [-0.05, 0) is 30.2 Å². The van der Waals surface area contributed by atoms with E-state index in [1.54, 1.807) is 16.7 Å². The highest BCUT2D eigenvalue weighted by atomic mass is 35.5. The summed E-state index contributed by atoms with van der Waals surface area (Å²) in [5.41, 5.74) is 2.67. The maximum Gasteiger partial charge on any atom is 0.336 e. The smallest absolute Gasteiger partial charge is 0.336 e. The molecule has 1 aromatic carbocycles. The van der Waals surface area contributed by atoms with Crippen LogP contribution in [0.15, 0.2) is 50.9 Å². The Morgan fingerprint density at radius 3 is 2.88 bits per heavy atom. The molecule has 0 aliphatic carbocycles. The summed E-state index contributed by atoms with van der Waals surface area (Å²) in [6.45, 7) is 1.96. The standard InChI is InChI=1S/C17H11Cl2N3O2S/c1-9-2-3-12-10(5-15(23)24-14(12)4-9)8-25-17-21-20-16-13(19)6-11(18)7-22(16)17/h2-7H,8H2,1H3. The predicted octanol–water partition coefficient (Wildman–Crippen LogP) is 4.74. The lowest BCUT2D eigenvalue weighted by Crippen LogP contribution is -2.00. The molecule has 0 bridgehead atoms. The van der Waals surface area contributed by atoms with Crippen LogP contribution >= 0.6 is 35.0 Å². The highest BCUT2D eigenvalue weighted by Gasteiger charge is 2.12. The monoisotopic (exact) mass is 391 g/mol. The Balaban J connectivity index is 1.73. The van der Waals surface area contributed by atoms with Crippen molar-refractivity contribution in [3.05, 3.63) is 68.1 Å². The third-order valence-corrected chi connectivity index (χ3v) is 5.21. The number of aromatic nitrogens is 3. The number of halogens is 2. The topological polar surface area (TPSA) is 60.4 Å². The van der Waals surface area contributed by atoms with E-state index in [1.807, 2.05) is 25.1 Å². The van der Waals surface area contributed by atoms with Gasteiger partial charge in [-0.2, -0.15) is 0 Å². The number of aryl methyl sites for hydroxylation is 1. The molecule has 0 amide bonds. The fourth-order valence-electron chi connectivity index (χ4n) is 2.60. The molecule has 0 N–H and O–H groups in total. The van der Waals surface area contributed by atoms with Crippen LogP contribution in [0.1, 0.15) is 11.1 Å². The fourth-order valence-corrected chi connectivity index (χ4v) is 4.01. The predicted molar refractivity (Wildman–Crippen MR) is 99.8 cm³/mol. The van der Waals surface area contributed by atoms with Crippen molar-refractivity contribution in [1.29, 1.82) is 0 Å². The van der Waals surface area contributed by atoms with Crippen molar-refractivity contribution in [3.8, 4) is 0 Å². The van der Waals surface area contributed by atoms with Crippen LogP contribution in [0, 0.1) is 6.92 Å². The average Bonchev–Trinajstić information content (AvgIpc) is 2.95.